The highest BCUT2D eigenvalue weighted by molar-refractivity contribution is 5.73. The first kappa shape index (κ1) is 22.7. The second-order valence-corrected chi connectivity index (χ2v) is 7.66. The molecule has 2 N–H and O–H groups in total. The van der Waals surface area contributed by atoms with E-state index in [-0.39, 0.29) is 6.03 Å². The van der Waals surface area contributed by atoms with Crippen LogP contribution in [0, 0.1) is 0 Å². The number of amides is 2. The molecule has 3 rings (SSSR count). The van der Waals surface area contributed by atoms with E-state index in [1.165, 1.54) is 5.69 Å². The zero-order valence-electron chi connectivity index (χ0n) is 18.6. The summed E-state index contributed by atoms with van der Waals surface area (Å²) in [7, 11) is 3.32. The van der Waals surface area contributed by atoms with Crippen molar-refractivity contribution in [2.24, 2.45) is 0 Å². The number of unbranched alkanes of at least 4 members (excludes halogenated alkanes) is 1. The van der Waals surface area contributed by atoms with Gasteiger partial charge >= 0.3 is 6.03 Å². The molecule has 168 valence electrons. The Bertz CT molecular complexity index is 805. The van der Waals surface area contributed by atoms with Crippen molar-refractivity contribution >= 4 is 11.7 Å². The van der Waals surface area contributed by atoms with E-state index in [1.54, 1.807) is 14.2 Å². The Morgan fingerprint density at radius 1 is 1.00 bits per heavy atom. The first-order valence-electron chi connectivity index (χ1n) is 11.0. The number of urea groups is 1. The van der Waals surface area contributed by atoms with Crippen molar-refractivity contribution < 1.29 is 14.3 Å². The lowest BCUT2D eigenvalue weighted by Crippen LogP contribution is -2.46. The van der Waals surface area contributed by atoms with Gasteiger partial charge in [-0.1, -0.05) is 18.2 Å². The van der Waals surface area contributed by atoms with E-state index in [0.717, 1.165) is 69.2 Å². The minimum Gasteiger partial charge on any atom is -0.497 e. The maximum Gasteiger partial charge on any atom is 0.314 e. The molecule has 0 saturated carbocycles. The molecule has 1 aliphatic rings. The SMILES string of the molecule is CNC(=O)NCc1ccc(OCCCCN2CCN(c3cccc(OC)c3)CC2)cc1. The van der Waals surface area contributed by atoms with Crippen molar-refractivity contribution in [3.63, 3.8) is 0 Å². The van der Waals surface area contributed by atoms with Crippen LogP contribution in [0.25, 0.3) is 0 Å². The summed E-state index contributed by atoms with van der Waals surface area (Å²) >= 11 is 0. The zero-order valence-corrected chi connectivity index (χ0v) is 18.6. The van der Waals surface area contributed by atoms with Gasteiger partial charge in [-0.3, -0.25) is 4.90 Å². The summed E-state index contributed by atoms with van der Waals surface area (Å²) in [5, 5.41) is 5.31. The number of methoxy groups -OCH3 is 1. The third-order valence-electron chi connectivity index (χ3n) is 5.53. The predicted molar refractivity (Wildman–Crippen MR) is 124 cm³/mol. The number of ether oxygens (including phenoxy) is 2. The molecule has 0 bridgehead atoms. The Labute approximate surface area is 185 Å². The van der Waals surface area contributed by atoms with Crippen LogP contribution < -0.4 is 25.0 Å². The molecule has 2 aromatic carbocycles. The number of benzene rings is 2. The van der Waals surface area contributed by atoms with E-state index in [0.29, 0.717) is 6.54 Å². The van der Waals surface area contributed by atoms with E-state index in [2.05, 4.69) is 38.6 Å². The molecule has 0 aliphatic carbocycles. The highest BCUT2D eigenvalue weighted by atomic mass is 16.5. The fraction of sp³-hybridized carbons (Fsp3) is 0.458. The van der Waals surface area contributed by atoms with Gasteiger partial charge in [0.1, 0.15) is 11.5 Å². The summed E-state index contributed by atoms with van der Waals surface area (Å²) in [6, 6.07) is 16.0. The predicted octanol–water partition coefficient (Wildman–Crippen LogP) is 3.11. The summed E-state index contributed by atoms with van der Waals surface area (Å²) in [6.45, 7) is 6.60. The molecule has 1 saturated heterocycles. The minimum atomic E-state index is -0.179. The Balaban J connectivity index is 1.28. The molecular weight excluding hydrogens is 392 g/mol. The Hall–Kier alpha value is -2.93. The van der Waals surface area contributed by atoms with Crippen LogP contribution in [0.3, 0.4) is 0 Å². The fourth-order valence-electron chi connectivity index (χ4n) is 3.64. The molecule has 1 aliphatic heterocycles. The third-order valence-corrected chi connectivity index (χ3v) is 5.53. The van der Waals surface area contributed by atoms with Crippen LogP contribution in [-0.4, -0.2) is 64.4 Å². The zero-order chi connectivity index (χ0) is 21.9. The van der Waals surface area contributed by atoms with Gasteiger partial charge < -0.3 is 25.0 Å². The normalized spacial score (nSPS) is 14.2. The first-order chi connectivity index (χ1) is 15.2. The molecule has 7 nitrogen and oxygen atoms in total. The lowest BCUT2D eigenvalue weighted by atomic mass is 10.2. The van der Waals surface area contributed by atoms with E-state index >= 15 is 0 Å². The van der Waals surface area contributed by atoms with Crippen LogP contribution in [-0.2, 0) is 6.54 Å². The lowest BCUT2D eigenvalue weighted by Gasteiger charge is -2.36. The number of nitrogens with one attached hydrogen (secondary N) is 2. The molecule has 0 atom stereocenters. The number of anilines is 1. The average Bonchev–Trinajstić information content (AvgIpc) is 2.83. The van der Waals surface area contributed by atoms with Gasteiger partial charge in [-0.15, -0.1) is 0 Å². The van der Waals surface area contributed by atoms with Gasteiger partial charge in [0, 0.05) is 51.5 Å². The van der Waals surface area contributed by atoms with E-state index in [4.69, 9.17) is 9.47 Å². The van der Waals surface area contributed by atoms with Crippen LogP contribution >= 0.6 is 0 Å². The number of rotatable bonds is 10. The third kappa shape index (κ3) is 7.36. The van der Waals surface area contributed by atoms with Crippen molar-refractivity contribution in [3.05, 3.63) is 54.1 Å². The van der Waals surface area contributed by atoms with E-state index < -0.39 is 0 Å². The van der Waals surface area contributed by atoms with Crippen molar-refractivity contribution in [3.8, 4) is 11.5 Å². The van der Waals surface area contributed by atoms with Gasteiger partial charge in [-0.2, -0.15) is 0 Å². The monoisotopic (exact) mass is 426 g/mol. The molecule has 1 fully saturated rings. The molecule has 31 heavy (non-hydrogen) atoms. The van der Waals surface area contributed by atoms with Gasteiger partial charge in [-0.25, -0.2) is 4.79 Å². The topological polar surface area (TPSA) is 66.1 Å². The molecular formula is C24H34N4O3. The van der Waals surface area contributed by atoms with Gasteiger partial charge in [0.2, 0.25) is 0 Å². The molecule has 0 radical (unpaired) electrons. The first-order valence-corrected chi connectivity index (χ1v) is 11.0. The molecule has 2 aromatic rings. The second-order valence-electron chi connectivity index (χ2n) is 7.66. The Kier molecular flexibility index (Phi) is 8.84. The minimum absolute atomic E-state index is 0.179. The van der Waals surface area contributed by atoms with Gasteiger partial charge in [0.25, 0.3) is 0 Å². The fourth-order valence-corrected chi connectivity index (χ4v) is 3.64. The number of hydrogen-bond acceptors (Lipinski definition) is 5. The van der Waals surface area contributed by atoms with E-state index in [9.17, 15) is 4.79 Å². The molecule has 0 spiro atoms. The summed E-state index contributed by atoms with van der Waals surface area (Å²) < 4.78 is 11.2. The summed E-state index contributed by atoms with van der Waals surface area (Å²) in [5.74, 6) is 1.78. The van der Waals surface area contributed by atoms with Crippen LogP contribution in [0.4, 0.5) is 10.5 Å². The average molecular weight is 427 g/mol. The summed E-state index contributed by atoms with van der Waals surface area (Å²) in [5.41, 5.74) is 2.28. The summed E-state index contributed by atoms with van der Waals surface area (Å²) in [6.07, 6.45) is 2.17. The van der Waals surface area contributed by atoms with Crippen molar-refractivity contribution in [1.29, 1.82) is 0 Å². The van der Waals surface area contributed by atoms with Crippen LogP contribution in [0.15, 0.2) is 48.5 Å². The van der Waals surface area contributed by atoms with Crippen LogP contribution in [0.2, 0.25) is 0 Å². The second kappa shape index (κ2) is 12.1. The Morgan fingerprint density at radius 3 is 2.48 bits per heavy atom. The maximum absolute atomic E-state index is 11.2. The number of hydrogen-bond donors (Lipinski definition) is 2. The highest BCUT2D eigenvalue weighted by Crippen LogP contribution is 2.22. The molecule has 2 amide bonds. The lowest BCUT2D eigenvalue weighted by molar-refractivity contribution is 0.238. The number of piperazine rings is 1. The van der Waals surface area contributed by atoms with Crippen LogP contribution in [0.5, 0.6) is 11.5 Å². The highest BCUT2D eigenvalue weighted by Gasteiger charge is 2.17. The van der Waals surface area contributed by atoms with Gasteiger partial charge in [0.15, 0.2) is 0 Å². The van der Waals surface area contributed by atoms with E-state index in [1.807, 2.05) is 30.3 Å². The van der Waals surface area contributed by atoms with Gasteiger partial charge in [0.05, 0.1) is 13.7 Å². The van der Waals surface area contributed by atoms with Crippen molar-refractivity contribution in [2.45, 2.75) is 19.4 Å². The number of nitrogens with zero attached hydrogens (tertiary/aromatic N) is 2. The molecule has 7 heteroatoms. The Morgan fingerprint density at radius 2 is 1.77 bits per heavy atom. The number of carbonyl (C=O) groups is 1. The largest absolute Gasteiger partial charge is 0.497 e. The van der Waals surface area contributed by atoms with Gasteiger partial charge in [-0.05, 0) is 49.2 Å². The number of carbonyl (C=O) groups excluding carboxylic acids is 1. The van der Waals surface area contributed by atoms with Crippen molar-refractivity contribution in [1.82, 2.24) is 15.5 Å². The summed E-state index contributed by atoms with van der Waals surface area (Å²) in [4.78, 5) is 16.2. The van der Waals surface area contributed by atoms with Crippen LogP contribution in [0.1, 0.15) is 18.4 Å². The quantitative estimate of drug-likeness (QED) is 0.572. The smallest absolute Gasteiger partial charge is 0.314 e. The maximum atomic E-state index is 11.2. The standard InChI is InChI=1S/C24H34N4O3/c1-25-24(29)26-19-20-8-10-22(11-9-20)31-17-4-3-12-27-13-15-28(16-14-27)21-6-5-7-23(18-21)30-2/h5-11,18H,3-4,12-17,19H2,1-2H3,(H2,25,26,29). The molecule has 0 aromatic heterocycles. The molecule has 0 unspecified atom stereocenters. The van der Waals surface area contributed by atoms with Crippen molar-refractivity contribution in [2.75, 3.05) is 58.4 Å². The molecule has 1 heterocycles.